The number of nitrogens with zero attached hydrogens (tertiary/aromatic N) is 3. The smallest absolute Gasteiger partial charge is 0.270 e. The molecule has 28 heavy (non-hydrogen) atoms. The lowest BCUT2D eigenvalue weighted by molar-refractivity contribution is 0.0391. The predicted molar refractivity (Wildman–Crippen MR) is 123 cm³/mol. The second-order valence-electron chi connectivity index (χ2n) is 6.43. The van der Waals surface area contributed by atoms with Crippen LogP contribution in [0.4, 0.5) is 5.13 Å². The summed E-state index contributed by atoms with van der Waals surface area (Å²) in [6.07, 6.45) is 0. The molecule has 4 rings (SSSR count). The molecule has 150 valence electrons. The quantitative estimate of drug-likeness (QED) is 0.501. The zero-order chi connectivity index (χ0) is 18.8. The number of para-hydroxylation sites is 1. The highest BCUT2D eigenvalue weighted by Crippen LogP contribution is 2.32. The molecule has 1 aromatic carbocycles. The SMILES string of the molecule is Cc1cccc2sc(N(CCN3CCOCC3)C(=O)c3ccc(Br)s3)nc12.Cl. The standard InChI is InChI=1S/C19H20BrN3O2S2.ClH/c1-13-3-2-4-14-17(13)21-19(27-14)23(8-7-22-9-11-25-12-10-22)18(24)15-5-6-16(20)26-15;/h2-6H,7-12H2,1H3;1H. The second kappa shape index (κ2) is 9.65. The van der Waals surface area contributed by atoms with Crippen molar-refractivity contribution in [1.29, 1.82) is 0 Å². The first-order valence-corrected chi connectivity index (χ1v) is 11.3. The Hall–Kier alpha value is -1.03. The fourth-order valence-corrected chi connectivity index (χ4v) is 5.51. The van der Waals surface area contributed by atoms with Crippen molar-refractivity contribution in [1.82, 2.24) is 9.88 Å². The molecule has 2 aromatic heterocycles. The number of benzene rings is 1. The summed E-state index contributed by atoms with van der Waals surface area (Å²) in [7, 11) is 0. The summed E-state index contributed by atoms with van der Waals surface area (Å²) in [5, 5.41) is 0.766. The van der Waals surface area contributed by atoms with Crippen LogP contribution >= 0.6 is 51.0 Å². The minimum absolute atomic E-state index is 0. The average molecular weight is 503 g/mol. The summed E-state index contributed by atoms with van der Waals surface area (Å²) >= 11 is 6.50. The molecule has 0 spiro atoms. The number of morpholine rings is 1. The number of thiazole rings is 1. The van der Waals surface area contributed by atoms with E-state index in [1.54, 1.807) is 11.3 Å². The monoisotopic (exact) mass is 501 g/mol. The highest BCUT2D eigenvalue weighted by molar-refractivity contribution is 9.11. The Morgan fingerprint density at radius 3 is 2.71 bits per heavy atom. The van der Waals surface area contributed by atoms with Gasteiger partial charge < -0.3 is 4.74 Å². The highest BCUT2D eigenvalue weighted by Gasteiger charge is 2.24. The van der Waals surface area contributed by atoms with Gasteiger partial charge in [0.1, 0.15) is 0 Å². The van der Waals surface area contributed by atoms with E-state index >= 15 is 0 Å². The first-order chi connectivity index (χ1) is 13.1. The number of rotatable bonds is 5. The van der Waals surface area contributed by atoms with E-state index in [0.717, 1.165) is 62.4 Å². The van der Waals surface area contributed by atoms with Gasteiger partial charge in [-0.2, -0.15) is 0 Å². The lowest BCUT2D eigenvalue weighted by Crippen LogP contribution is -2.43. The third-order valence-corrected chi connectivity index (χ3v) is 7.27. The number of anilines is 1. The molecule has 0 bridgehead atoms. The number of carbonyl (C=O) groups is 1. The number of ether oxygens (including phenoxy) is 1. The molecule has 0 atom stereocenters. The summed E-state index contributed by atoms with van der Waals surface area (Å²) in [4.78, 5) is 22.9. The number of carbonyl (C=O) groups excluding carboxylic acids is 1. The summed E-state index contributed by atoms with van der Waals surface area (Å²) in [6.45, 7) is 6.82. The van der Waals surface area contributed by atoms with Crippen molar-refractivity contribution in [3.8, 4) is 0 Å². The van der Waals surface area contributed by atoms with Gasteiger partial charge in [-0.05, 0) is 46.6 Å². The van der Waals surface area contributed by atoms with Gasteiger partial charge in [0.15, 0.2) is 5.13 Å². The molecule has 1 aliphatic rings. The number of fused-ring (bicyclic) bond motifs is 1. The van der Waals surface area contributed by atoms with Crippen LogP contribution in [0.1, 0.15) is 15.2 Å². The van der Waals surface area contributed by atoms with Crippen LogP contribution in [0.2, 0.25) is 0 Å². The number of amides is 1. The molecule has 5 nitrogen and oxygen atoms in total. The molecule has 0 aliphatic carbocycles. The molecular weight excluding hydrogens is 482 g/mol. The molecule has 9 heteroatoms. The highest BCUT2D eigenvalue weighted by atomic mass is 79.9. The predicted octanol–water partition coefficient (Wildman–Crippen LogP) is 4.83. The molecule has 0 saturated carbocycles. The van der Waals surface area contributed by atoms with Crippen LogP contribution in [-0.4, -0.2) is 55.2 Å². The van der Waals surface area contributed by atoms with Crippen LogP contribution in [0.3, 0.4) is 0 Å². The van der Waals surface area contributed by atoms with Crippen molar-refractivity contribution < 1.29 is 9.53 Å². The van der Waals surface area contributed by atoms with Gasteiger partial charge in [0.05, 0.1) is 32.1 Å². The summed E-state index contributed by atoms with van der Waals surface area (Å²) < 4.78 is 7.50. The van der Waals surface area contributed by atoms with Gasteiger partial charge in [-0.15, -0.1) is 23.7 Å². The van der Waals surface area contributed by atoms with E-state index in [2.05, 4.69) is 39.9 Å². The van der Waals surface area contributed by atoms with Crippen molar-refractivity contribution in [2.45, 2.75) is 6.92 Å². The number of halogens is 2. The maximum Gasteiger partial charge on any atom is 0.270 e. The Kier molecular flexibility index (Phi) is 7.47. The zero-order valence-electron chi connectivity index (χ0n) is 15.4. The molecule has 0 N–H and O–H groups in total. The Morgan fingerprint density at radius 2 is 2.04 bits per heavy atom. The normalized spacial score (nSPS) is 14.8. The van der Waals surface area contributed by atoms with E-state index in [4.69, 9.17) is 9.72 Å². The van der Waals surface area contributed by atoms with Crippen LogP contribution in [0.25, 0.3) is 10.2 Å². The first kappa shape index (κ1) is 21.7. The first-order valence-electron chi connectivity index (χ1n) is 8.85. The molecule has 3 aromatic rings. The van der Waals surface area contributed by atoms with Gasteiger partial charge in [-0.1, -0.05) is 23.5 Å². The average Bonchev–Trinajstić information content (AvgIpc) is 3.30. The van der Waals surface area contributed by atoms with Crippen molar-refractivity contribution in [2.24, 2.45) is 0 Å². The number of aryl methyl sites for hydroxylation is 1. The molecule has 3 heterocycles. The van der Waals surface area contributed by atoms with Crippen LogP contribution in [0, 0.1) is 6.92 Å². The molecular formula is C19H21BrClN3O2S2. The number of hydrogen-bond donors (Lipinski definition) is 0. The van der Waals surface area contributed by atoms with Crippen LogP contribution < -0.4 is 4.90 Å². The van der Waals surface area contributed by atoms with Crippen molar-refractivity contribution in [3.05, 3.63) is 44.6 Å². The van der Waals surface area contributed by atoms with E-state index in [9.17, 15) is 4.79 Å². The molecule has 1 amide bonds. The zero-order valence-corrected chi connectivity index (χ0v) is 19.4. The lowest BCUT2D eigenvalue weighted by Gasteiger charge is -2.29. The van der Waals surface area contributed by atoms with Crippen molar-refractivity contribution in [2.75, 3.05) is 44.3 Å². The van der Waals surface area contributed by atoms with Gasteiger partial charge >= 0.3 is 0 Å². The molecule has 1 saturated heterocycles. The third-order valence-electron chi connectivity index (χ3n) is 4.61. The van der Waals surface area contributed by atoms with Gasteiger partial charge in [-0.3, -0.25) is 14.6 Å². The van der Waals surface area contributed by atoms with E-state index in [1.807, 2.05) is 23.1 Å². The van der Waals surface area contributed by atoms with Crippen molar-refractivity contribution >= 4 is 72.3 Å². The fourth-order valence-electron chi connectivity index (χ4n) is 3.10. The largest absolute Gasteiger partial charge is 0.379 e. The van der Waals surface area contributed by atoms with Crippen LogP contribution in [-0.2, 0) is 4.74 Å². The van der Waals surface area contributed by atoms with Crippen LogP contribution in [0.5, 0.6) is 0 Å². The molecule has 0 radical (unpaired) electrons. The molecule has 0 unspecified atom stereocenters. The third kappa shape index (κ3) is 4.75. The maximum absolute atomic E-state index is 13.2. The van der Waals surface area contributed by atoms with E-state index in [-0.39, 0.29) is 18.3 Å². The number of hydrogen-bond acceptors (Lipinski definition) is 6. The van der Waals surface area contributed by atoms with Gasteiger partial charge in [0.2, 0.25) is 0 Å². The lowest BCUT2D eigenvalue weighted by atomic mass is 10.2. The summed E-state index contributed by atoms with van der Waals surface area (Å²) in [5.41, 5.74) is 2.11. The Bertz CT molecular complexity index is 956. The van der Waals surface area contributed by atoms with E-state index in [0.29, 0.717) is 6.54 Å². The van der Waals surface area contributed by atoms with E-state index < -0.39 is 0 Å². The summed E-state index contributed by atoms with van der Waals surface area (Å²) in [6, 6.07) is 9.95. The molecule has 1 aliphatic heterocycles. The number of aromatic nitrogens is 1. The fraction of sp³-hybridized carbons (Fsp3) is 0.368. The van der Waals surface area contributed by atoms with Crippen LogP contribution in [0.15, 0.2) is 34.1 Å². The Balaban J connectivity index is 0.00000225. The topological polar surface area (TPSA) is 45.7 Å². The van der Waals surface area contributed by atoms with Gasteiger partial charge in [-0.25, -0.2) is 4.98 Å². The van der Waals surface area contributed by atoms with Gasteiger partial charge in [0, 0.05) is 26.2 Å². The van der Waals surface area contributed by atoms with Gasteiger partial charge in [0.25, 0.3) is 5.91 Å². The summed E-state index contributed by atoms with van der Waals surface area (Å²) in [5.74, 6) is 0.00988. The van der Waals surface area contributed by atoms with Crippen molar-refractivity contribution in [3.63, 3.8) is 0 Å². The molecule has 1 fully saturated rings. The van der Waals surface area contributed by atoms with E-state index in [1.165, 1.54) is 11.3 Å². The maximum atomic E-state index is 13.2. The minimum Gasteiger partial charge on any atom is -0.379 e. The Morgan fingerprint density at radius 1 is 1.25 bits per heavy atom. The number of thiophene rings is 1. The Labute approximate surface area is 186 Å². The second-order valence-corrected chi connectivity index (χ2v) is 9.90. The minimum atomic E-state index is 0.